The predicted octanol–water partition coefficient (Wildman–Crippen LogP) is 14.4. The minimum Gasteiger partial charge on any atom is -0.310 e. The molecular weight excluding hydrogens is 673 g/mol. The fourth-order valence-corrected chi connectivity index (χ4v) is 9.73. The molecule has 0 unspecified atom stereocenters. The molecule has 0 saturated carbocycles. The number of nitrogens with zero attached hydrogens (tertiary/aromatic N) is 2. The molecule has 2 heterocycles. The number of anilines is 3. The second-order valence-corrected chi connectivity index (χ2v) is 15.7. The molecule has 0 fully saturated rings. The minimum atomic E-state index is -0.0795. The lowest BCUT2D eigenvalue weighted by molar-refractivity contribution is 0.607. The topological polar surface area (TPSA) is 8.17 Å². The van der Waals surface area contributed by atoms with Crippen molar-refractivity contribution < 1.29 is 0 Å². The molecule has 0 N–H and O–H groups in total. The molecule has 1 aliphatic rings. The summed E-state index contributed by atoms with van der Waals surface area (Å²) >= 11 is 1.88. The van der Waals surface area contributed by atoms with Crippen LogP contribution in [0.1, 0.15) is 25.0 Å². The van der Waals surface area contributed by atoms with E-state index in [2.05, 4.69) is 217 Å². The predicted molar refractivity (Wildman–Crippen MR) is 229 cm³/mol. The molecule has 0 spiro atoms. The summed E-state index contributed by atoms with van der Waals surface area (Å²) in [5.41, 5.74) is 14.5. The fourth-order valence-electron chi connectivity index (χ4n) is 8.30. The summed E-state index contributed by atoms with van der Waals surface area (Å²) in [6.07, 6.45) is 0. The Labute approximate surface area is 321 Å². The zero-order chi connectivity index (χ0) is 36.2. The van der Waals surface area contributed by atoms with Gasteiger partial charge >= 0.3 is 0 Å². The van der Waals surface area contributed by atoms with E-state index in [1.807, 2.05) is 11.8 Å². The summed E-state index contributed by atoms with van der Waals surface area (Å²) < 4.78 is 2.37. The van der Waals surface area contributed by atoms with Crippen LogP contribution in [0.2, 0.25) is 0 Å². The van der Waals surface area contributed by atoms with Crippen LogP contribution >= 0.6 is 11.8 Å². The third-order valence-corrected chi connectivity index (χ3v) is 12.2. The van der Waals surface area contributed by atoms with Crippen molar-refractivity contribution in [2.24, 2.45) is 0 Å². The molecule has 2 nitrogen and oxygen atoms in total. The van der Waals surface area contributed by atoms with E-state index >= 15 is 0 Å². The second kappa shape index (κ2) is 13.0. The monoisotopic (exact) mass is 710 g/mol. The lowest BCUT2D eigenvalue weighted by Crippen LogP contribution is -2.24. The van der Waals surface area contributed by atoms with Crippen LogP contribution in [0.3, 0.4) is 0 Å². The van der Waals surface area contributed by atoms with Crippen molar-refractivity contribution in [3.8, 4) is 27.9 Å². The Bertz CT molecular complexity index is 2820. The smallest absolute Gasteiger partial charge is 0.0541 e. The van der Waals surface area contributed by atoms with E-state index in [0.717, 1.165) is 17.1 Å². The summed E-state index contributed by atoms with van der Waals surface area (Å²) in [7, 11) is 0. The van der Waals surface area contributed by atoms with Crippen molar-refractivity contribution in [2.45, 2.75) is 29.1 Å². The van der Waals surface area contributed by atoms with Gasteiger partial charge in [-0.05, 0) is 106 Å². The Morgan fingerprint density at radius 1 is 0.407 bits per heavy atom. The van der Waals surface area contributed by atoms with Crippen LogP contribution < -0.4 is 4.90 Å². The van der Waals surface area contributed by atoms with E-state index in [-0.39, 0.29) is 5.41 Å². The quantitative estimate of drug-likeness (QED) is 0.170. The van der Waals surface area contributed by atoms with Crippen molar-refractivity contribution in [1.29, 1.82) is 0 Å². The average molecular weight is 711 g/mol. The highest BCUT2D eigenvalue weighted by molar-refractivity contribution is 7.99. The Morgan fingerprint density at radius 3 is 1.83 bits per heavy atom. The van der Waals surface area contributed by atoms with Gasteiger partial charge in [-0.1, -0.05) is 147 Å². The Balaban J connectivity index is 1.08. The third kappa shape index (κ3) is 5.43. The van der Waals surface area contributed by atoms with Crippen LogP contribution in [0, 0.1) is 0 Å². The van der Waals surface area contributed by atoms with Crippen molar-refractivity contribution in [3.05, 3.63) is 205 Å². The third-order valence-electron chi connectivity index (χ3n) is 11.0. The number of benzene rings is 8. The maximum atomic E-state index is 2.40. The van der Waals surface area contributed by atoms with Crippen LogP contribution in [0.4, 0.5) is 17.1 Å². The molecule has 0 amide bonds. The first-order valence-corrected chi connectivity index (χ1v) is 19.4. The number of aromatic nitrogens is 1. The van der Waals surface area contributed by atoms with Crippen molar-refractivity contribution >= 4 is 50.6 Å². The van der Waals surface area contributed by atoms with E-state index in [1.165, 1.54) is 70.7 Å². The Hall–Kier alpha value is -6.29. The average Bonchev–Trinajstić information content (AvgIpc) is 3.56. The molecule has 0 aliphatic carbocycles. The molecule has 258 valence electrons. The molecule has 0 radical (unpaired) electrons. The molecule has 8 aromatic carbocycles. The van der Waals surface area contributed by atoms with E-state index in [1.54, 1.807) is 0 Å². The lowest BCUT2D eigenvalue weighted by atomic mass is 9.77. The van der Waals surface area contributed by atoms with Crippen LogP contribution in [0.25, 0.3) is 49.7 Å². The second-order valence-electron chi connectivity index (χ2n) is 14.6. The van der Waals surface area contributed by atoms with Gasteiger partial charge in [-0.15, -0.1) is 0 Å². The summed E-state index contributed by atoms with van der Waals surface area (Å²) in [4.78, 5) is 5.04. The first-order valence-electron chi connectivity index (χ1n) is 18.6. The number of hydrogen-bond donors (Lipinski definition) is 0. The first kappa shape index (κ1) is 32.4. The zero-order valence-electron chi connectivity index (χ0n) is 30.3. The normalized spacial score (nSPS) is 13.1. The first-order chi connectivity index (χ1) is 26.5. The summed E-state index contributed by atoms with van der Waals surface area (Å²) in [6.45, 7) is 4.70. The number of fused-ring (bicyclic) bond motifs is 5. The lowest BCUT2D eigenvalue weighted by Gasteiger charge is -2.35. The maximum Gasteiger partial charge on any atom is 0.0541 e. The van der Waals surface area contributed by atoms with Gasteiger partial charge in [-0.25, -0.2) is 0 Å². The Kier molecular flexibility index (Phi) is 7.78. The molecule has 0 bridgehead atoms. The van der Waals surface area contributed by atoms with Crippen LogP contribution in [0.15, 0.2) is 204 Å². The molecule has 3 heteroatoms. The van der Waals surface area contributed by atoms with E-state index in [0.29, 0.717) is 0 Å². The van der Waals surface area contributed by atoms with Gasteiger partial charge in [0, 0.05) is 48.7 Å². The molecule has 1 aliphatic heterocycles. The standard InChI is InChI=1S/C51H38N2S/c1-51(2)45-21-10-12-23-49(45)54-50-34-42(29-30-46(50)51)52(41-19-13-16-37(32-41)35-14-5-3-6-15-35)40-27-24-36(25-28-40)38-26-31-48-44(33-38)43-20-9-11-22-47(43)53(48)39-17-7-4-8-18-39/h3-34H,1-2H3. The van der Waals surface area contributed by atoms with Gasteiger partial charge in [0.25, 0.3) is 0 Å². The molecule has 0 saturated heterocycles. The molecule has 9 aromatic rings. The van der Waals surface area contributed by atoms with E-state index in [9.17, 15) is 0 Å². The van der Waals surface area contributed by atoms with Gasteiger partial charge in [0.05, 0.1) is 11.0 Å². The molecular formula is C51H38N2S. The minimum absolute atomic E-state index is 0.0795. The SMILES string of the molecule is CC1(C)c2ccccc2Sc2cc(N(c3ccc(-c4ccc5c(c4)c4ccccc4n5-c4ccccc4)cc3)c3cccc(-c4ccccc4)c3)ccc21. The van der Waals surface area contributed by atoms with Crippen LogP contribution in [0.5, 0.6) is 0 Å². The van der Waals surface area contributed by atoms with Gasteiger partial charge in [-0.2, -0.15) is 0 Å². The van der Waals surface area contributed by atoms with Gasteiger partial charge in [0.2, 0.25) is 0 Å². The van der Waals surface area contributed by atoms with E-state index in [4.69, 9.17) is 0 Å². The fraction of sp³-hybridized carbons (Fsp3) is 0.0588. The van der Waals surface area contributed by atoms with Gasteiger partial charge in [0.1, 0.15) is 0 Å². The molecule has 10 rings (SSSR count). The summed E-state index contributed by atoms with van der Waals surface area (Å²) in [5.74, 6) is 0. The van der Waals surface area contributed by atoms with E-state index < -0.39 is 0 Å². The maximum absolute atomic E-state index is 2.40. The van der Waals surface area contributed by atoms with Crippen molar-refractivity contribution in [2.75, 3.05) is 4.90 Å². The highest BCUT2D eigenvalue weighted by Crippen LogP contribution is 2.51. The summed E-state index contributed by atoms with van der Waals surface area (Å²) in [6, 6.07) is 70.8. The number of hydrogen-bond acceptors (Lipinski definition) is 2. The largest absolute Gasteiger partial charge is 0.310 e. The molecule has 0 atom stereocenters. The highest BCUT2D eigenvalue weighted by atomic mass is 32.2. The number of rotatable bonds is 6. The number of para-hydroxylation sites is 2. The van der Waals surface area contributed by atoms with Gasteiger partial charge in [0.15, 0.2) is 0 Å². The molecule has 54 heavy (non-hydrogen) atoms. The van der Waals surface area contributed by atoms with Gasteiger partial charge < -0.3 is 9.47 Å². The Morgan fingerprint density at radius 2 is 1.00 bits per heavy atom. The summed E-state index contributed by atoms with van der Waals surface area (Å²) in [5, 5.41) is 2.52. The van der Waals surface area contributed by atoms with Crippen molar-refractivity contribution in [3.63, 3.8) is 0 Å². The van der Waals surface area contributed by atoms with Gasteiger partial charge in [-0.3, -0.25) is 0 Å². The van der Waals surface area contributed by atoms with Crippen LogP contribution in [-0.4, -0.2) is 4.57 Å². The highest BCUT2D eigenvalue weighted by Gasteiger charge is 2.33. The van der Waals surface area contributed by atoms with Crippen LogP contribution in [-0.2, 0) is 5.41 Å². The zero-order valence-corrected chi connectivity index (χ0v) is 31.1. The molecule has 1 aromatic heterocycles. The van der Waals surface area contributed by atoms with Crippen molar-refractivity contribution in [1.82, 2.24) is 4.57 Å².